The number of hydrogen-bond donors (Lipinski definition) is 1. The lowest BCUT2D eigenvalue weighted by molar-refractivity contribution is 0.286. The van der Waals surface area contributed by atoms with Gasteiger partial charge >= 0.3 is 0 Å². The van der Waals surface area contributed by atoms with Crippen LogP contribution in [-0.2, 0) is 6.42 Å². The highest BCUT2D eigenvalue weighted by atomic mass is 35.5. The molecule has 118 valence electrons. The third-order valence-corrected chi connectivity index (χ3v) is 4.99. The first-order valence-corrected chi connectivity index (χ1v) is 8.75. The maximum absolute atomic E-state index is 13.2. The summed E-state index contributed by atoms with van der Waals surface area (Å²) in [5.74, 6) is 0.459. The second kappa shape index (κ2) is 8.75. The van der Waals surface area contributed by atoms with Crippen LogP contribution in [-0.4, -0.2) is 12.6 Å². The summed E-state index contributed by atoms with van der Waals surface area (Å²) in [5.41, 5.74) is 1.06. The number of nitrogens with one attached hydrogen (secondary N) is 1. The van der Waals surface area contributed by atoms with Crippen molar-refractivity contribution in [3.8, 4) is 0 Å². The zero-order valence-electron chi connectivity index (χ0n) is 13.0. The van der Waals surface area contributed by atoms with Gasteiger partial charge in [-0.15, -0.1) is 0 Å². The Morgan fingerprint density at radius 3 is 2.48 bits per heavy atom. The Bertz CT molecular complexity index is 427. The molecule has 0 aromatic heterocycles. The highest BCUT2D eigenvalue weighted by Crippen LogP contribution is 2.28. The first kappa shape index (κ1) is 16.8. The summed E-state index contributed by atoms with van der Waals surface area (Å²) in [7, 11) is 0. The van der Waals surface area contributed by atoms with Crippen LogP contribution in [0, 0.1) is 11.7 Å². The average molecular weight is 312 g/mol. The van der Waals surface area contributed by atoms with Gasteiger partial charge in [0.1, 0.15) is 5.82 Å². The first-order chi connectivity index (χ1) is 10.2. The molecule has 0 radical (unpaired) electrons. The zero-order valence-corrected chi connectivity index (χ0v) is 13.8. The normalized spacial score (nSPS) is 19.0. The van der Waals surface area contributed by atoms with Crippen molar-refractivity contribution >= 4 is 11.6 Å². The molecule has 0 spiro atoms. The molecule has 0 saturated heterocycles. The Hall–Kier alpha value is -0.600. The summed E-state index contributed by atoms with van der Waals surface area (Å²) < 4.78 is 13.2. The van der Waals surface area contributed by atoms with Crippen molar-refractivity contribution in [2.45, 2.75) is 64.3 Å². The van der Waals surface area contributed by atoms with E-state index in [9.17, 15) is 4.39 Å². The smallest absolute Gasteiger partial charge is 0.124 e. The van der Waals surface area contributed by atoms with Gasteiger partial charge in [0.15, 0.2) is 0 Å². The van der Waals surface area contributed by atoms with E-state index < -0.39 is 0 Å². The summed E-state index contributed by atoms with van der Waals surface area (Å²) in [6.07, 6.45) is 10.3. The molecule has 1 saturated carbocycles. The van der Waals surface area contributed by atoms with Gasteiger partial charge in [-0.2, -0.15) is 0 Å². The highest BCUT2D eigenvalue weighted by Gasteiger charge is 2.22. The molecule has 0 aliphatic heterocycles. The number of hydrogen-bond acceptors (Lipinski definition) is 1. The molecule has 3 heteroatoms. The van der Waals surface area contributed by atoms with Crippen molar-refractivity contribution in [1.82, 2.24) is 5.32 Å². The molecular weight excluding hydrogens is 285 g/mol. The molecule has 1 N–H and O–H groups in total. The van der Waals surface area contributed by atoms with Crippen LogP contribution in [0.2, 0.25) is 5.02 Å². The molecule has 1 aromatic carbocycles. The van der Waals surface area contributed by atoms with Crippen LogP contribution >= 0.6 is 11.6 Å². The Balaban J connectivity index is 2.06. The van der Waals surface area contributed by atoms with E-state index in [1.807, 2.05) is 6.07 Å². The minimum atomic E-state index is -0.255. The van der Waals surface area contributed by atoms with E-state index in [0.717, 1.165) is 18.5 Å². The Morgan fingerprint density at radius 2 is 1.86 bits per heavy atom. The maximum atomic E-state index is 13.2. The molecule has 1 aliphatic rings. The van der Waals surface area contributed by atoms with Crippen molar-refractivity contribution in [2.24, 2.45) is 5.92 Å². The van der Waals surface area contributed by atoms with Gasteiger partial charge in [-0.3, -0.25) is 0 Å². The van der Waals surface area contributed by atoms with Crippen LogP contribution in [0.1, 0.15) is 57.4 Å². The van der Waals surface area contributed by atoms with Gasteiger partial charge in [-0.1, -0.05) is 56.7 Å². The van der Waals surface area contributed by atoms with Crippen molar-refractivity contribution in [3.05, 3.63) is 34.6 Å². The summed E-state index contributed by atoms with van der Waals surface area (Å²) in [6.45, 7) is 3.13. The minimum absolute atomic E-state index is 0.255. The summed E-state index contributed by atoms with van der Waals surface area (Å²) in [4.78, 5) is 0. The van der Waals surface area contributed by atoms with E-state index in [0.29, 0.717) is 17.0 Å². The molecule has 1 nitrogen and oxygen atoms in total. The molecule has 1 atom stereocenters. The lowest BCUT2D eigenvalue weighted by Crippen LogP contribution is -2.38. The van der Waals surface area contributed by atoms with Crippen LogP contribution in [0.15, 0.2) is 18.2 Å². The lowest BCUT2D eigenvalue weighted by atomic mass is 9.83. The molecule has 21 heavy (non-hydrogen) atoms. The quantitative estimate of drug-likeness (QED) is 0.772. The second-order valence-electron chi connectivity index (χ2n) is 6.21. The molecule has 1 aliphatic carbocycles. The average Bonchev–Trinajstić information content (AvgIpc) is 2.41. The SMILES string of the molecule is CCNC(Cc1ccc(F)cc1Cl)C1CCCCCCC1. The van der Waals surface area contributed by atoms with Gasteiger partial charge in [0, 0.05) is 11.1 Å². The van der Waals surface area contributed by atoms with Gasteiger partial charge < -0.3 is 5.32 Å². The van der Waals surface area contributed by atoms with E-state index in [-0.39, 0.29) is 5.82 Å². The molecule has 0 heterocycles. The number of likely N-dealkylation sites (N-methyl/N-ethyl adjacent to an activating group) is 1. The first-order valence-electron chi connectivity index (χ1n) is 8.38. The fourth-order valence-corrected chi connectivity index (χ4v) is 3.73. The predicted molar refractivity (Wildman–Crippen MR) is 88.4 cm³/mol. The molecular formula is C18H27ClFN. The van der Waals surface area contributed by atoms with E-state index >= 15 is 0 Å². The van der Waals surface area contributed by atoms with Crippen molar-refractivity contribution in [3.63, 3.8) is 0 Å². The lowest BCUT2D eigenvalue weighted by Gasteiger charge is -2.30. The summed E-state index contributed by atoms with van der Waals surface area (Å²) >= 11 is 6.20. The van der Waals surface area contributed by atoms with E-state index in [1.165, 1.54) is 57.1 Å². The Labute approximate surface area is 133 Å². The van der Waals surface area contributed by atoms with Gasteiger partial charge in [0.2, 0.25) is 0 Å². The highest BCUT2D eigenvalue weighted by molar-refractivity contribution is 6.31. The standard InChI is InChI=1S/C18H27ClFN/c1-2-21-18(14-8-6-4-3-5-7-9-14)12-15-10-11-16(20)13-17(15)19/h10-11,13-14,18,21H,2-9,12H2,1H3. The molecule has 0 bridgehead atoms. The van der Waals surface area contributed by atoms with Gasteiger partial charge in [0.25, 0.3) is 0 Å². The zero-order chi connectivity index (χ0) is 15.1. The Kier molecular flexibility index (Phi) is 6.98. The maximum Gasteiger partial charge on any atom is 0.124 e. The topological polar surface area (TPSA) is 12.0 Å². The van der Waals surface area contributed by atoms with Gasteiger partial charge in [0.05, 0.1) is 0 Å². The number of halogens is 2. The summed E-state index contributed by atoms with van der Waals surface area (Å²) in [6, 6.07) is 5.24. The third kappa shape index (κ3) is 5.27. The van der Waals surface area contributed by atoms with Crippen LogP contribution in [0.4, 0.5) is 4.39 Å². The molecule has 2 rings (SSSR count). The number of rotatable bonds is 5. The van der Waals surface area contributed by atoms with E-state index in [2.05, 4.69) is 12.2 Å². The van der Waals surface area contributed by atoms with Gasteiger partial charge in [-0.05, 0) is 49.4 Å². The van der Waals surface area contributed by atoms with Crippen molar-refractivity contribution in [2.75, 3.05) is 6.54 Å². The largest absolute Gasteiger partial charge is 0.314 e. The van der Waals surface area contributed by atoms with E-state index in [4.69, 9.17) is 11.6 Å². The molecule has 1 aromatic rings. The van der Waals surface area contributed by atoms with Gasteiger partial charge in [-0.25, -0.2) is 4.39 Å². The van der Waals surface area contributed by atoms with Crippen LogP contribution in [0.3, 0.4) is 0 Å². The van der Waals surface area contributed by atoms with Crippen LogP contribution in [0.5, 0.6) is 0 Å². The van der Waals surface area contributed by atoms with Crippen LogP contribution < -0.4 is 5.32 Å². The number of benzene rings is 1. The Morgan fingerprint density at radius 1 is 1.19 bits per heavy atom. The second-order valence-corrected chi connectivity index (χ2v) is 6.62. The fourth-order valence-electron chi connectivity index (χ4n) is 3.48. The van der Waals surface area contributed by atoms with Crippen molar-refractivity contribution in [1.29, 1.82) is 0 Å². The summed E-state index contributed by atoms with van der Waals surface area (Å²) in [5, 5.41) is 4.20. The monoisotopic (exact) mass is 311 g/mol. The minimum Gasteiger partial charge on any atom is -0.314 e. The third-order valence-electron chi connectivity index (χ3n) is 4.64. The fraction of sp³-hybridized carbons (Fsp3) is 0.667. The van der Waals surface area contributed by atoms with Crippen LogP contribution in [0.25, 0.3) is 0 Å². The molecule has 1 fully saturated rings. The molecule has 0 amide bonds. The predicted octanol–water partition coefficient (Wildman–Crippen LogP) is 5.36. The molecule has 1 unspecified atom stereocenters. The van der Waals surface area contributed by atoms with Crippen molar-refractivity contribution < 1.29 is 4.39 Å². The van der Waals surface area contributed by atoms with E-state index in [1.54, 1.807) is 0 Å².